The van der Waals surface area contributed by atoms with Crippen molar-refractivity contribution in [3.63, 3.8) is 0 Å². The summed E-state index contributed by atoms with van der Waals surface area (Å²) >= 11 is 0. The van der Waals surface area contributed by atoms with Crippen LogP contribution in [0, 0.1) is 12.8 Å². The van der Waals surface area contributed by atoms with E-state index in [-0.39, 0.29) is 29.5 Å². The number of halogens is 3. The van der Waals surface area contributed by atoms with E-state index in [0.717, 1.165) is 17.7 Å². The Labute approximate surface area is 207 Å². The van der Waals surface area contributed by atoms with E-state index in [4.69, 9.17) is 4.98 Å². The van der Waals surface area contributed by atoms with Gasteiger partial charge < -0.3 is 10.2 Å². The Morgan fingerprint density at radius 1 is 1.03 bits per heavy atom. The number of rotatable bonds is 5. The second-order valence-corrected chi connectivity index (χ2v) is 9.25. The van der Waals surface area contributed by atoms with Gasteiger partial charge in [-0.3, -0.25) is 4.79 Å². The van der Waals surface area contributed by atoms with Gasteiger partial charge in [-0.05, 0) is 49.6 Å². The van der Waals surface area contributed by atoms with Gasteiger partial charge >= 0.3 is 11.9 Å². The third-order valence-electron chi connectivity index (χ3n) is 6.29. The SMILES string of the molecule is Cc1ccccc1-c1nc(N2CCC(NC(=O)C(C)C)CC2)nc(=O)n1-c1ccc(C(F)(F)F)cc1. The summed E-state index contributed by atoms with van der Waals surface area (Å²) in [6.07, 6.45) is -3.11. The number of benzene rings is 2. The quantitative estimate of drug-likeness (QED) is 0.564. The van der Waals surface area contributed by atoms with Gasteiger partial charge in [-0.2, -0.15) is 23.1 Å². The van der Waals surface area contributed by atoms with Gasteiger partial charge in [0.1, 0.15) is 0 Å². The molecule has 4 rings (SSSR count). The Morgan fingerprint density at radius 3 is 2.25 bits per heavy atom. The highest BCUT2D eigenvalue weighted by molar-refractivity contribution is 5.78. The first-order valence-corrected chi connectivity index (χ1v) is 11.8. The van der Waals surface area contributed by atoms with Crippen LogP contribution in [-0.4, -0.2) is 39.6 Å². The predicted molar refractivity (Wildman–Crippen MR) is 131 cm³/mol. The number of anilines is 1. The molecule has 0 bridgehead atoms. The number of aromatic nitrogens is 3. The molecule has 1 N–H and O–H groups in total. The minimum absolute atomic E-state index is 0.00526. The summed E-state index contributed by atoms with van der Waals surface area (Å²) in [6, 6.07) is 11.8. The molecule has 0 radical (unpaired) electrons. The molecule has 1 aliphatic rings. The monoisotopic (exact) mass is 499 g/mol. The first-order chi connectivity index (χ1) is 17.0. The Balaban J connectivity index is 1.70. The van der Waals surface area contributed by atoms with Crippen LogP contribution in [0.4, 0.5) is 19.1 Å². The molecule has 2 aromatic carbocycles. The molecule has 3 aromatic rings. The number of hydrogen-bond acceptors (Lipinski definition) is 5. The first kappa shape index (κ1) is 25.4. The third kappa shape index (κ3) is 5.42. The Kier molecular flexibility index (Phi) is 7.14. The van der Waals surface area contributed by atoms with Crippen LogP contribution in [0.1, 0.15) is 37.8 Å². The van der Waals surface area contributed by atoms with Crippen LogP contribution in [0.3, 0.4) is 0 Å². The third-order valence-corrected chi connectivity index (χ3v) is 6.29. The maximum atomic E-state index is 13.3. The van der Waals surface area contributed by atoms with Crippen LogP contribution in [0.25, 0.3) is 17.1 Å². The Morgan fingerprint density at radius 2 is 1.67 bits per heavy atom. The smallest absolute Gasteiger partial charge is 0.353 e. The van der Waals surface area contributed by atoms with Gasteiger partial charge in [-0.25, -0.2) is 9.36 Å². The van der Waals surface area contributed by atoms with Crippen LogP contribution in [-0.2, 0) is 11.0 Å². The summed E-state index contributed by atoms with van der Waals surface area (Å²) in [6.45, 7) is 6.68. The molecule has 0 saturated carbocycles. The zero-order valence-electron chi connectivity index (χ0n) is 20.3. The zero-order chi connectivity index (χ0) is 26.0. The van der Waals surface area contributed by atoms with E-state index < -0.39 is 17.4 Å². The number of aryl methyl sites for hydroxylation is 1. The van der Waals surface area contributed by atoms with Gasteiger partial charge in [0.25, 0.3) is 0 Å². The number of amides is 1. The zero-order valence-corrected chi connectivity index (χ0v) is 20.3. The van der Waals surface area contributed by atoms with Crippen molar-refractivity contribution in [3.8, 4) is 17.1 Å². The minimum Gasteiger partial charge on any atom is -0.353 e. The molecule has 190 valence electrons. The molecule has 1 aliphatic heterocycles. The number of alkyl halides is 3. The topological polar surface area (TPSA) is 80.1 Å². The molecule has 0 atom stereocenters. The molecule has 0 unspecified atom stereocenters. The fourth-order valence-electron chi connectivity index (χ4n) is 4.17. The molecule has 10 heteroatoms. The van der Waals surface area contributed by atoms with Crippen molar-refractivity contribution in [2.24, 2.45) is 5.92 Å². The summed E-state index contributed by atoms with van der Waals surface area (Å²) in [5.41, 5.74) is 0.345. The summed E-state index contributed by atoms with van der Waals surface area (Å²) < 4.78 is 40.5. The van der Waals surface area contributed by atoms with Crippen molar-refractivity contribution in [2.45, 2.75) is 45.8 Å². The number of carbonyl (C=O) groups is 1. The molecule has 2 heterocycles. The van der Waals surface area contributed by atoms with E-state index in [0.29, 0.717) is 37.3 Å². The standard InChI is InChI=1S/C26H28F3N5O2/c1-16(2)23(35)30-19-12-14-33(15-13-19)24-31-22(21-7-5-4-6-17(21)3)34(25(36)32-24)20-10-8-18(9-11-20)26(27,28)29/h4-11,16,19H,12-15H2,1-3H3,(H,30,35). The number of hydrogen-bond donors (Lipinski definition) is 1. The predicted octanol–water partition coefficient (Wildman–Crippen LogP) is 4.36. The second-order valence-electron chi connectivity index (χ2n) is 9.25. The molecule has 0 aliphatic carbocycles. The van der Waals surface area contributed by atoms with Crippen molar-refractivity contribution in [1.82, 2.24) is 19.9 Å². The highest BCUT2D eigenvalue weighted by Crippen LogP contribution is 2.31. The van der Waals surface area contributed by atoms with Gasteiger partial charge in [0, 0.05) is 30.6 Å². The average Bonchev–Trinajstić information content (AvgIpc) is 2.84. The number of nitrogens with one attached hydrogen (secondary N) is 1. The molecule has 1 amide bonds. The van der Waals surface area contributed by atoms with E-state index in [1.165, 1.54) is 16.7 Å². The highest BCUT2D eigenvalue weighted by atomic mass is 19.4. The van der Waals surface area contributed by atoms with Crippen molar-refractivity contribution >= 4 is 11.9 Å². The van der Waals surface area contributed by atoms with Crippen LogP contribution >= 0.6 is 0 Å². The number of piperidine rings is 1. The van der Waals surface area contributed by atoms with Crippen LogP contribution in [0.15, 0.2) is 53.3 Å². The van der Waals surface area contributed by atoms with Crippen molar-refractivity contribution < 1.29 is 18.0 Å². The van der Waals surface area contributed by atoms with E-state index in [1.54, 1.807) is 0 Å². The molecular weight excluding hydrogens is 471 g/mol. The van der Waals surface area contributed by atoms with Crippen LogP contribution in [0.5, 0.6) is 0 Å². The first-order valence-electron chi connectivity index (χ1n) is 11.8. The Bertz CT molecular complexity index is 1290. The van der Waals surface area contributed by atoms with Gasteiger partial charge in [-0.15, -0.1) is 0 Å². The molecule has 0 spiro atoms. The lowest BCUT2D eigenvalue weighted by Crippen LogP contribution is -2.46. The van der Waals surface area contributed by atoms with Gasteiger partial charge in [0.05, 0.1) is 11.3 Å². The lowest BCUT2D eigenvalue weighted by Gasteiger charge is -2.33. The van der Waals surface area contributed by atoms with E-state index >= 15 is 0 Å². The Hall–Kier alpha value is -3.69. The number of carbonyl (C=O) groups excluding carboxylic acids is 1. The summed E-state index contributed by atoms with van der Waals surface area (Å²) in [5, 5.41) is 3.04. The normalized spacial score (nSPS) is 14.8. The van der Waals surface area contributed by atoms with Gasteiger partial charge in [-0.1, -0.05) is 38.1 Å². The fraction of sp³-hybridized carbons (Fsp3) is 0.385. The maximum Gasteiger partial charge on any atom is 0.416 e. The van der Waals surface area contributed by atoms with Crippen LogP contribution < -0.4 is 15.9 Å². The molecule has 36 heavy (non-hydrogen) atoms. The number of nitrogens with zero attached hydrogens (tertiary/aromatic N) is 4. The summed E-state index contributed by atoms with van der Waals surface area (Å²) in [4.78, 5) is 36.1. The van der Waals surface area contributed by atoms with E-state index in [2.05, 4.69) is 10.3 Å². The summed E-state index contributed by atoms with van der Waals surface area (Å²) in [5.74, 6) is 0.472. The highest BCUT2D eigenvalue weighted by Gasteiger charge is 2.30. The van der Waals surface area contributed by atoms with Crippen molar-refractivity contribution in [1.29, 1.82) is 0 Å². The maximum absolute atomic E-state index is 13.3. The average molecular weight is 500 g/mol. The van der Waals surface area contributed by atoms with Crippen molar-refractivity contribution in [2.75, 3.05) is 18.0 Å². The lowest BCUT2D eigenvalue weighted by atomic mass is 10.0. The van der Waals surface area contributed by atoms with Gasteiger partial charge in [0.15, 0.2) is 5.82 Å². The molecule has 1 aromatic heterocycles. The molecule has 1 saturated heterocycles. The summed E-state index contributed by atoms with van der Waals surface area (Å²) in [7, 11) is 0. The minimum atomic E-state index is -4.48. The van der Waals surface area contributed by atoms with Crippen LogP contribution in [0.2, 0.25) is 0 Å². The molecule has 1 fully saturated rings. The fourth-order valence-corrected chi connectivity index (χ4v) is 4.17. The van der Waals surface area contributed by atoms with Crippen molar-refractivity contribution in [3.05, 3.63) is 70.1 Å². The largest absolute Gasteiger partial charge is 0.416 e. The molecule has 7 nitrogen and oxygen atoms in total. The van der Waals surface area contributed by atoms with Gasteiger partial charge in [0.2, 0.25) is 11.9 Å². The lowest BCUT2D eigenvalue weighted by molar-refractivity contribution is -0.137. The second kappa shape index (κ2) is 10.1. The van der Waals surface area contributed by atoms with E-state index in [1.807, 2.05) is 49.9 Å². The molecular formula is C26H28F3N5O2. The van der Waals surface area contributed by atoms with E-state index in [9.17, 15) is 22.8 Å².